The van der Waals surface area contributed by atoms with E-state index in [-0.39, 0.29) is 39.1 Å². The standard InChI is InChI=1S/C37H43N5O4S/c1-7-23(2)30-22-29(24(3)41(4)5)34(46-30)42-32-31(47-36(42)44)33(43)39-35(38-32)40-37(25-14-10-8-11-15-25,26-16-12-9-13-17-26)27-18-20-28(45-6)21-19-27/h8-21,23-24,29-30,34H,7,22H2,1-6H3,(H2,38,39,40,43)/t23-,24+,29-,30-,34+/m0/s1. The molecule has 5 aromatic rings. The molecule has 1 saturated heterocycles. The topological polar surface area (TPSA) is 101 Å². The Hall–Kier alpha value is -4.25. The van der Waals surface area contributed by atoms with Gasteiger partial charge in [0.2, 0.25) is 5.95 Å². The van der Waals surface area contributed by atoms with E-state index in [1.54, 1.807) is 11.7 Å². The van der Waals surface area contributed by atoms with Crippen LogP contribution in [0.15, 0.2) is 94.5 Å². The second kappa shape index (κ2) is 13.5. The Morgan fingerprint density at radius 3 is 2.15 bits per heavy atom. The van der Waals surface area contributed by atoms with E-state index in [1.807, 2.05) is 74.8 Å². The number of hydrogen-bond acceptors (Lipinski definition) is 8. The number of fused-ring (bicyclic) bond motifs is 1. The molecule has 47 heavy (non-hydrogen) atoms. The summed E-state index contributed by atoms with van der Waals surface area (Å²) >= 11 is 0.916. The molecule has 0 aliphatic carbocycles. The molecule has 246 valence electrons. The first-order chi connectivity index (χ1) is 22.7. The van der Waals surface area contributed by atoms with Crippen LogP contribution in [-0.4, -0.2) is 52.8 Å². The van der Waals surface area contributed by atoms with E-state index in [0.29, 0.717) is 11.6 Å². The van der Waals surface area contributed by atoms with Gasteiger partial charge in [0, 0.05) is 12.0 Å². The van der Waals surface area contributed by atoms with Gasteiger partial charge in [0.15, 0.2) is 5.65 Å². The van der Waals surface area contributed by atoms with Crippen LogP contribution in [0.25, 0.3) is 10.3 Å². The summed E-state index contributed by atoms with van der Waals surface area (Å²) in [6.07, 6.45) is 1.24. The molecule has 0 amide bonds. The highest BCUT2D eigenvalue weighted by Crippen LogP contribution is 2.43. The lowest BCUT2D eigenvalue weighted by Gasteiger charge is -2.37. The van der Waals surface area contributed by atoms with Gasteiger partial charge in [-0.2, -0.15) is 4.98 Å². The van der Waals surface area contributed by atoms with Gasteiger partial charge in [0.1, 0.15) is 22.2 Å². The van der Waals surface area contributed by atoms with Crippen molar-refractivity contribution in [2.24, 2.45) is 11.8 Å². The highest BCUT2D eigenvalue weighted by atomic mass is 32.1. The molecule has 3 aromatic carbocycles. The van der Waals surface area contributed by atoms with Gasteiger partial charge in [-0.25, -0.2) is 0 Å². The first-order valence-electron chi connectivity index (χ1n) is 16.2. The van der Waals surface area contributed by atoms with Crippen molar-refractivity contribution in [3.05, 3.63) is 122 Å². The molecule has 10 heteroatoms. The molecule has 1 aliphatic rings. The first-order valence-corrected chi connectivity index (χ1v) is 17.0. The quantitative estimate of drug-likeness (QED) is 0.158. The van der Waals surface area contributed by atoms with Crippen LogP contribution in [-0.2, 0) is 10.3 Å². The van der Waals surface area contributed by atoms with Gasteiger partial charge in [0.25, 0.3) is 5.56 Å². The van der Waals surface area contributed by atoms with E-state index in [0.717, 1.165) is 46.6 Å². The van der Waals surface area contributed by atoms with Crippen LogP contribution >= 0.6 is 11.3 Å². The summed E-state index contributed by atoms with van der Waals surface area (Å²) in [6.45, 7) is 6.51. The Morgan fingerprint density at radius 1 is 1.00 bits per heavy atom. The van der Waals surface area contributed by atoms with Crippen LogP contribution in [0, 0.1) is 11.8 Å². The molecule has 0 radical (unpaired) electrons. The van der Waals surface area contributed by atoms with E-state index in [1.165, 1.54) is 0 Å². The molecular formula is C37H43N5O4S. The predicted molar refractivity (Wildman–Crippen MR) is 189 cm³/mol. The van der Waals surface area contributed by atoms with E-state index in [4.69, 9.17) is 14.5 Å². The van der Waals surface area contributed by atoms with E-state index in [9.17, 15) is 9.59 Å². The first kappa shape index (κ1) is 32.7. The minimum absolute atomic E-state index is 0.00211. The number of aromatic nitrogens is 3. The number of thiazole rings is 1. The van der Waals surface area contributed by atoms with Gasteiger partial charge in [-0.3, -0.25) is 19.1 Å². The highest BCUT2D eigenvalue weighted by Gasteiger charge is 2.44. The third-order valence-electron chi connectivity index (χ3n) is 9.87. The third-order valence-corrected chi connectivity index (χ3v) is 10.8. The molecule has 1 aliphatic heterocycles. The van der Waals surface area contributed by atoms with Gasteiger partial charge < -0.3 is 19.7 Å². The molecule has 2 N–H and O–H groups in total. The number of aromatic amines is 1. The van der Waals surface area contributed by atoms with Crippen LogP contribution in [0.4, 0.5) is 5.95 Å². The second-order valence-electron chi connectivity index (χ2n) is 12.7. The van der Waals surface area contributed by atoms with E-state index >= 15 is 0 Å². The van der Waals surface area contributed by atoms with Crippen LogP contribution < -0.4 is 20.5 Å². The highest BCUT2D eigenvalue weighted by molar-refractivity contribution is 7.16. The molecule has 0 saturated carbocycles. The van der Waals surface area contributed by atoms with Crippen molar-refractivity contribution >= 4 is 27.6 Å². The lowest BCUT2D eigenvalue weighted by atomic mass is 9.77. The molecule has 5 atom stereocenters. The number of ether oxygens (including phenoxy) is 2. The van der Waals surface area contributed by atoms with Crippen molar-refractivity contribution < 1.29 is 9.47 Å². The third kappa shape index (κ3) is 6.01. The second-order valence-corrected chi connectivity index (χ2v) is 13.7. The number of anilines is 1. The van der Waals surface area contributed by atoms with Crippen molar-refractivity contribution in [1.29, 1.82) is 0 Å². The molecular weight excluding hydrogens is 611 g/mol. The number of rotatable bonds is 11. The van der Waals surface area contributed by atoms with Crippen molar-refractivity contribution in [2.45, 2.75) is 57.5 Å². The Bertz CT molecular complexity index is 1880. The zero-order chi connectivity index (χ0) is 33.3. The number of benzene rings is 3. The predicted octanol–water partition coefficient (Wildman–Crippen LogP) is 6.46. The minimum Gasteiger partial charge on any atom is -0.497 e. The average molecular weight is 654 g/mol. The van der Waals surface area contributed by atoms with Crippen LogP contribution in [0.1, 0.15) is 56.5 Å². The van der Waals surface area contributed by atoms with E-state index in [2.05, 4.69) is 60.2 Å². The smallest absolute Gasteiger partial charge is 0.311 e. The van der Waals surface area contributed by atoms with Crippen LogP contribution in [0.3, 0.4) is 0 Å². The summed E-state index contributed by atoms with van der Waals surface area (Å²) in [5.41, 5.74) is 1.78. The number of nitrogens with one attached hydrogen (secondary N) is 2. The Balaban J connectivity index is 1.55. The Morgan fingerprint density at radius 2 is 1.60 bits per heavy atom. The van der Waals surface area contributed by atoms with Gasteiger partial charge in [-0.1, -0.05) is 104 Å². The fourth-order valence-corrected chi connectivity index (χ4v) is 7.59. The average Bonchev–Trinajstić information content (AvgIpc) is 3.68. The summed E-state index contributed by atoms with van der Waals surface area (Å²) in [7, 11) is 5.73. The number of hydrogen-bond donors (Lipinski definition) is 2. The lowest BCUT2D eigenvalue weighted by molar-refractivity contribution is -0.0400. The lowest BCUT2D eigenvalue weighted by Crippen LogP contribution is -2.39. The summed E-state index contributed by atoms with van der Waals surface area (Å²) in [5.74, 6) is 1.33. The molecule has 6 rings (SSSR count). The maximum absolute atomic E-state index is 13.8. The maximum atomic E-state index is 13.8. The maximum Gasteiger partial charge on any atom is 0.311 e. The molecule has 0 spiro atoms. The molecule has 1 fully saturated rings. The number of nitrogens with zero attached hydrogens (tertiary/aromatic N) is 3. The van der Waals surface area contributed by atoms with Gasteiger partial charge in [-0.15, -0.1) is 0 Å². The zero-order valence-corrected chi connectivity index (χ0v) is 28.6. The fraction of sp³-hybridized carbons (Fsp3) is 0.378. The van der Waals surface area contributed by atoms with Gasteiger partial charge in [-0.05, 0) is 62.2 Å². The summed E-state index contributed by atoms with van der Waals surface area (Å²) in [6, 6.07) is 28.1. The minimum atomic E-state index is -0.965. The zero-order valence-electron chi connectivity index (χ0n) is 27.8. The summed E-state index contributed by atoms with van der Waals surface area (Å²) in [5, 5.41) is 3.66. The van der Waals surface area contributed by atoms with E-state index < -0.39 is 11.8 Å². The molecule has 2 aromatic heterocycles. The largest absolute Gasteiger partial charge is 0.497 e. The SMILES string of the molecule is CC[C@H](C)[C@@H]1C[C@@H]([C@@H](C)N(C)C)[C@H](n2c(=O)sc3c(=O)[nH]c(NC(c4ccccc4)(c4ccccc4)c4ccc(OC)cc4)nc32)O1. The molecule has 9 nitrogen and oxygen atoms in total. The van der Waals surface area contributed by atoms with Crippen LogP contribution in [0.5, 0.6) is 5.75 Å². The summed E-state index contributed by atoms with van der Waals surface area (Å²) in [4.78, 5) is 37.4. The van der Waals surface area contributed by atoms with Crippen molar-refractivity contribution in [3.63, 3.8) is 0 Å². The van der Waals surface area contributed by atoms with Crippen molar-refractivity contribution in [3.8, 4) is 5.75 Å². The van der Waals surface area contributed by atoms with Crippen molar-refractivity contribution in [2.75, 3.05) is 26.5 Å². The molecule has 0 unspecified atom stereocenters. The van der Waals surface area contributed by atoms with Crippen LogP contribution in [0.2, 0.25) is 0 Å². The normalized spacial score (nSPS) is 19.6. The summed E-state index contributed by atoms with van der Waals surface area (Å²) < 4.78 is 14.1. The molecule has 0 bridgehead atoms. The Kier molecular flexibility index (Phi) is 9.36. The monoisotopic (exact) mass is 653 g/mol. The van der Waals surface area contributed by atoms with Gasteiger partial charge in [0.05, 0.1) is 13.2 Å². The Labute approximate surface area is 279 Å². The van der Waals surface area contributed by atoms with Crippen molar-refractivity contribution in [1.82, 2.24) is 19.4 Å². The number of H-pyrrole nitrogens is 1. The molecule has 3 heterocycles. The fourth-order valence-electron chi connectivity index (χ4n) is 6.74. The van der Waals surface area contributed by atoms with Gasteiger partial charge >= 0.3 is 4.87 Å². The number of methoxy groups -OCH3 is 1.